The molecular formula is C29H27Cl2N7O. The smallest absolute Gasteiger partial charge is 0.255 e. The minimum Gasteiger partial charge on any atom is -0.383 e. The van der Waals surface area contributed by atoms with Crippen molar-refractivity contribution in [3.05, 3.63) is 88.4 Å². The van der Waals surface area contributed by atoms with Gasteiger partial charge in [-0.3, -0.25) is 4.79 Å². The van der Waals surface area contributed by atoms with Gasteiger partial charge < -0.3 is 20.5 Å². The van der Waals surface area contributed by atoms with Crippen LogP contribution in [-0.2, 0) is 0 Å². The third kappa shape index (κ3) is 5.22. The van der Waals surface area contributed by atoms with Gasteiger partial charge >= 0.3 is 0 Å². The Labute approximate surface area is 235 Å². The zero-order valence-corrected chi connectivity index (χ0v) is 22.8. The number of amides is 1. The molecule has 2 atom stereocenters. The molecule has 6 rings (SSSR count). The second-order valence-corrected chi connectivity index (χ2v) is 10.6. The van der Waals surface area contributed by atoms with Crippen LogP contribution in [0, 0.1) is 0 Å². The van der Waals surface area contributed by atoms with Crippen LogP contribution in [0.15, 0.2) is 67.0 Å². The summed E-state index contributed by atoms with van der Waals surface area (Å²) < 4.78 is 0. The first-order chi connectivity index (χ1) is 19.0. The maximum atomic E-state index is 13.6. The number of halogens is 2. The highest BCUT2D eigenvalue weighted by molar-refractivity contribution is 6.35. The van der Waals surface area contributed by atoms with Gasteiger partial charge in [-0.05, 0) is 62.2 Å². The van der Waals surface area contributed by atoms with Crippen molar-refractivity contribution >= 4 is 62.6 Å². The summed E-state index contributed by atoms with van der Waals surface area (Å²) in [5, 5.41) is 8.59. The molecule has 0 spiro atoms. The summed E-state index contributed by atoms with van der Waals surface area (Å²) in [7, 11) is 0. The van der Waals surface area contributed by atoms with E-state index in [1.165, 1.54) is 6.33 Å². The van der Waals surface area contributed by atoms with Crippen molar-refractivity contribution < 1.29 is 4.79 Å². The predicted octanol–water partition coefficient (Wildman–Crippen LogP) is 6.70. The molecule has 2 aromatic heterocycles. The van der Waals surface area contributed by atoms with Crippen LogP contribution in [0.1, 0.15) is 42.0 Å². The maximum absolute atomic E-state index is 13.6. The fraction of sp³-hybridized carbons (Fsp3) is 0.241. The van der Waals surface area contributed by atoms with Gasteiger partial charge in [0.25, 0.3) is 5.91 Å². The molecule has 39 heavy (non-hydrogen) atoms. The standard InChI is InChI=1S/C29H27Cl2N7O/c1-17(27-36-24-10-9-18(30)12-26(24)37-27)35-28-22-13-23(31)21(14-25(22)33-16-34-28)29(39)38-11-5-8-20(38)15-32-19-6-3-2-4-7-19/h2-4,6-7,9-10,12-14,16-17,20,32H,5,8,11,15H2,1H3,(H,36,37)(H,33,34,35)/t17?,20-/m0/s1. The third-order valence-corrected chi connectivity index (χ3v) is 7.68. The van der Waals surface area contributed by atoms with E-state index in [4.69, 9.17) is 23.2 Å². The number of likely N-dealkylation sites (tertiary alicyclic amines) is 1. The molecule has 3 N–H and O–H groups in total. The Morgan fingerprint density at radius 3 is 2.79 bits per heavy atom. The number of nitrogens with zero attached hydrogens (tertiary/aromatic N) is 4. The van der Waals surface area contributed by atoms with Crippen molar-refractivity contribution in [3.63, 3.8) is 0 Å². The molecule has 8 nitrogen and oxygen atoms in total. The molecule has 1 saturated heterocycles. The summed E-state index contributed by atoms with van der Waals surface area (Å²) in [4.78, 5) is 32.4. The Morgan fingerprint density at radius 1 is 1.10 bits per heavy atom. The van der Waals surface area contributed by atoms with Crippen molar-refractivity contribution in [1.29, 1.82) is 0 Å². The highest BCUT2D eigenvalue weighted by atomic mass is 35.5. The summed E-state index contributed by atoms with van der Waals surface area (Å²) >= 11 is 12.8. The first kappa shape index (κ1) is 25.4. The molecule has 10 heteroatoms. The van der Waals surface area contributed by atoms with Crippen LogP contribution in [-0.4, -0.2) is 49.9 Å². The molecule has 1 amide bonds. The maximum Gasteiger partial charge on any atom is 0.255 e. The lowest BCUT2D eigenvalue weighted by Crippen LogP contribution is -2.39. The lowest BCUT2D eigenvalue weighted by atomic mass is 10.1. The van der Waals surface area contributed by atoms with Gasteiger partial charge in [0.1, 0.15) is 18.0 Å². The Kier molecular flexibility index (Phi) is 6.97. The monoisotopic (exact) mass is 559 g/mol. The highest BCUT2D eigenvalue weighted by Gasteiger charge is 2.30. The van der Waals surface area contributed by atoms with Crippen molar-refractivity contribution in [3.8, 4) is 0 Å². The van der Waals surface area contributed by atoms with Crippen LogP contribution in [0.4, 0.5) is 11.5 Å². The minimum absolute atomic E-state index is 0.0818. The van der Waals surface area contributed by atoms with E-state index < -0.39 is 0 Å². The van der Waals surface area contributed by atoms with E-state index in [0.29, 0.717) is 40.0 Å². The van der Waals surface area contributed by atoms with E-state index in [9.17, 15) is 4.79 Å². The van der Waals surface area contributed by atoms with Crippen molar-refractivity contribution in [2.24, 2.45) is 0 Å². The Bertz CT molecular complexity index is 1660. The number of carbonyl (C=O) groups excluding carboxylic acids is 1. The first-order valence-electron chi connectivity index (χ1n) is 12.9. The van der Waals surface area contributed by atoms with E-state index in [1.807, 2.05) is 60.4 Å². The molecule has 5 aromatic rings. The quantitative estimate of drug-likeness (QED) is 0.205. The van der Waals surface area contributed by atoms with Crippen LogP contribution in [0.25, 0.3) is 21.9 Å². The van der Waals surface area contributed by atoms with Gasteiger partial charge in [0.15, 0.2) is 0 Å². The summed E-state index contributed by atoms with van der Waals surface area (Å²) in [6.45, 7) is 3.37. The Hall–Kier alpha value is -3.88. The molecular weight excluding hydrogens is 533 g/mol. The van der Waals surface area contributed by atoms with Crippen LogP contribution in [0.5, 0.6) is 0 Å². The third-order valence-electron chi connectivity index (χ3n) is 7.13. The number of carbonyl (C=O) groups is 1. The molecule has 3 heterocycles. The van der Waals surface area contributed by atoms with Crippen molar-refractivity contribution in [1.82, 2.24) is 24.8 Å². The van der Waals surface area contributed by atoms with Gasteiger partial charge in [0.05, 0.1) is 33.2 Å². The Balaban J connectivity index is 1.22. The molecule has 198 valence electrons. The van der Waals surface area contributed by atoms with Crippen molar-refractivity contribution in [2.75, 3.05) is 23.7 Å². The van der Waals surface area contributed by atoms with Gasteiger partial charge in [0, 0.05) is 35.2 Å². The van der Waals surface area contributed by atoms with E-state index in [-0.39, 0.29) is 18.0 Å². The number of anilines is 2. The van der Waals surface area contributed by atoms with Crippen LogP contribution >= 0.6 is 23.2 Å². The van der Waals surface area contributed by atoms with Gasteiger partial charge in [-0.25, -0.2) is 15.0 Å². The molecule has 1 unspecified atom stereocenters. The summed E-state index contributed by atoms with van der Waals surface area (Å²) in [5.74, 6) is 1.28. The molecule has 1 aliphatic heterocycles. The van der Waals surface area contributed by atoms with E-state index in [1.54, 1.807) is 12.1 Å². The van der Waals surface area contributed by atoms with Gasteiger partial charge in [0.2, 0.25) is 0 Å². The zero-order valence-electron chi connectivity index (χ0n) is 21.3. The normalized spacial score (nSPS) is 16.1. The number of rotatable bonds is 7. The molecule has 0 bridgehead atoms. The fourth-order valence-corrected chi connectivity index (χ4v) is 5.51. The van der Waals surface area contributed by atoms with Crippen LogP contribution < -0.4 is 10.6 Å². The van der Waals surface area contributed by atoms with Gasteiger partial charge in [-0.1, -0.05) is 41.4 Å². The predicted molar refractivity (Wildman–Crippen MR) is 157 cm³/mol. The molecule has 1 fully saturated rings. The average Bonchev–Trinajstić information content (AvgIpc) is 3.59. The molecule has 0 saturated carbocycles. The second kappa shape index (κ2) is 10.7. The summed E-state index contributed by atoms with van der Waals surface area (Å²) in [6.07, 6.45) is 3.39. The largest absolute Gasteiger partial charge is 0.383 e. The molecule has 0 aliphatic carbocycles. The number of para-hydroxylation sites is 1. The van der Waals surface area contributed by atoms with E-state index in [0.717, 1.165) is 40.8 Å². The number of hydrogen-bond donors (Lipinski definition) is 3. The topological polar surface area (TPSA) is 98.8 Å². The number of hydrogen-bond acceptors (Lipinski definition) is 6. The Morgan fingerprint density at radius 2 is 1.95 bits per heavy atom. The van der Waals surface area contributed by atoms with E-state index >= 15 is 0 Å². The van der Waals surface area contributed by atoms with Crippen molar-refractivity contribution in [2.45, 2.75) is 31.8 Å². The number of benzene rings is 3. The fourth-order valence-electron chi connectivity index (χ4n) is 5.09. The second-order valence-electron chi connectivity index (χ2n) is 9.76. The van der Waals surface area contributed by atoms with Gasteiger partial charge in [-0.2, -0.15) is 0 Å². The number of aromatic amines is 1. The lowest BCUT2D eigenvalue weighted by Gasteiger charge is -2.26. The minimum atomic E-state index is -0.183. The van der Waals surface area contributed by atoms with Crippen LogP contribution in [0.2, 0.25) is 10.0 Å². The molecule has 3 aromatic carbocycles. The SMILES string of the molecule is CC(Nc1ncnc2cc(C(=O)N3CCC[C@H]3CNc3ccccc3)c(Cl)cc12)c1nc2cc(Cl)ccc2[nH]1. The zero-order chi connectivity index (χ0) is 26.9. The number of imidazole rings is 1. The first-order valence-corrected chi connectivity index (χ1v) is 13.7. The van der Waals surface area contributed by atoms with E-state index in [2.05, 4.69) is 30.6 Å². The number of aromatic nitrogens is 4. The lowest BCUT2D eigenvalue weighted by molar-refractivity contribution is 0.0744. The average molecular weight is 560 g/mol. The van der Waals surface area contributed by atoms with Crippen LogP contribution in [0.3, 0.4) is 0 Å². The molecule has 0 radical (unpaired) electrons. The number of fused-ring (bicyclic) bond motifs is 2. The highest BCUT2D eigenvalue weighted by Crippen LogP contribution is 2.31. The number of nitrogens with one attached hydrogen (secondary N) is 3. The van der Waals surface area contributed by atoms with Gasteiger partial charge in [-0.15, -0.1) is 0 Å². The molecule has 1 aliphatic rings. The summed E-state index contributed by atoms with van der Waals surface area (Å²) in [5.41, 5.74) is 3.83. The summed E-state index contributed by atoms with van der Waals surface area (Å²) in [6, 6.07) is 19.0. The number of H-pyrrole nitrogens is 1.